The van der Waals surface area contributed by atoms with Crippen molar-refractivity contribution in [1.82, 2.24) is 4.57 Å². The van der Waals surface area contributed by atoms with Crippen LogP contribution in [0, 0.1) is 5.82 Å². The third kappa shape index (κ3) is 3.99. The number of hydrogen-bond donors (Lipinski definition) is 1. The molecular weight excluding hydrogens is 473 g/mol. The molecule has 8 heteroatoms. The zero-order valence-electron chi connectivity index (χ0n) is 17.9. The van der Waals surface area contributed by atoms with Gasteiger partial charge in [0.25, 0.3) is 5.56 Å². The molecule has 5 nitrogen and oxygen atoms in total. The van der Waals surface area contributed by atoms with Crippen LogP contribution in [0.4, 0.5) is 4.39 Å². The summed E-state index contributed by atoms with van der Waals surface area (Å²) < 4.78 is 20.6. The van der Waals surface area contributed by atoms with Crippen LogP contribution in [0.2, 0.25) is 0 Å². The van der Waals surface area contributed by atoms with Crippen LogP contribution < -0.4 is 11.2 Å². The number of aromatic nitrogens is 1. The molecule has 0 aliphatic carbocycles. The maximum absolute atomic E-state index is 13.7. The fourth-order valence-corrected chi connectivity index (χ4v) is 5.11. The molecule has 5 aromatic rings. The van der Waals surface area contributed by atoms with E-state index >= 15 is 0 Å². The number of hydrogen-bond acceptors (Lipinski definition) is 6. The van der Waals surface area contributed by atoms with Gasteiger partial charge in [-0.15, -0.1) is 11.8 Å². The summed E-state index contributed by atoms with van der Waals surface area (Å²) >= 11 is 2.55. The fourth-order valence-electron chi connectivity index (χ4n) is 3.82. The van der Waals surface area contributed by atoms with Gasteiger partial charge in [0.2, 0.25) is 0 Å². The summed E-state index contributed by atoms with van der Waals surface area (Å²) in [6.07, 6.45) is 1.92. The molecule has 34 heavy (non-hydrogen) atoms. The molecule has 0 bridgehead atoms. The molecule has 170 valence electrons. The summed E-state index contributed by atoms with van der Waals surface area (Å²) in [7, 11) is 0. The van der Waals surface area contributed by atoms with Crippen LogP contribution in [0.25, 0.3) is 21.9 Å². The van der Waals surface area contributed by atoms with Gasteiger partial charge in [-0.25, -0.2) is 9.18 Å². The predicted octanol–water partition coefficient (Wildman–Crippen LogP) is 5.87. The standard InChI is InChI=1S/C26H18FNO4S2/c1-33-18-11-12-19-20(13-18)28(14-15-7-9-16(27)10-8-15)25(30)21-22(29)24(26(31)32-23(19)21)34-17-5-3-2-4-6-17/h2-13,29H,14H2,1H3. The summed E-state index contributed by atoms with van der Waals surface area (Å²) in [6.45, 7) is 0.156. The summed E-state index contributed by atoms with van der Waals surface area (Å²) in [5.74, 6) is -0.778. The van der Waals surface area contributed by atoms with E-state index in [1.165, 1.54) is 28.5 Å². The number of benzene rings is 3. The van der Waals surface area contributed by atoms with Crippen LogP contribution in [0.1, 0.15) is 5.56 Å². The van der Waals surface area contributed by atoms with E-state index in [0.29, 0.717) is 10.9 Å². The summed E-state index contributed by atoms with van der Waals surface area (Å²) in [5.41, 5.74) is 0.100. The molecule has 0 amide bonds. The lowest BCUT2D eigenvalue weighted by molar-refractivity contribution is 0.446. The highest BCUT2D eigenvalue weighted by molar-refractivity contribution is 7.99. The van der Waals surface area contributed by atoms with Crippen LogP contribution in [-0.2, 0) is 6.54 Å². The van der Waals surface area contributed by atoms with E-state index in [2.05, 4.69) is 0 Å². The van der Waals surface area contributed by atoms with Gasteiger partial charge in [0.1, 0.15) is 16.1 Å². The van der Waals surface area contributed by atoms with Crippen molar-refractivity contribution in [2.75, 3.05) is 6.26 Å². The Kier molecular flexibility index (Phi) is 5.93. The van der Waals surface area contributed by atoms with Crippen molar-refractivity contribution >= 4 is 45.4 Å². The monoisotopic (exact) mass is 491 g/mol. The number of aromatic hydroxyl groups is 1. The van der Waals surface area contributed by atoms with Crippen molar-refractivity contribution in [3.8, 4) is 5.75 Å². The molecule has 1 N–H and O–H groups in total. The maximum atomic E-state index is 13.7. The largest absolute Gasteiger partial charge is 0.505 e. The Balaban J connectivity index is 1.81. The lowest BCUT2D eigenvalue weighted by atomic mass is 10.1. The van der Waals surface area contributed by atoms with Gasteiger partial charge in [-0.05, 0) is 54.3 Å². The Bertz CT molecular complexity index is 1640. The first-order valence-electron chi connectivity index (χ1n) is 10.3. The van der Waals surface area contributed by atoms with Gasteiger partial charge in [0.15, 0.2) is 11.3 Å². The molecule has 0 spiro atoms. The van der Waals surface area contributed by atoms with Gasteiger partial charge in [-0.3, -0.25) is 4.79 Å². The minimum Gasteiger partial charge on any atom is -0.505 e. The predicted molar refractivity (Wildman–Crippen MR) is 134 cm³/mol. The van der Waals surface area contributed by atoms with Crippen molar-refractivity contribution in [2.45, 2.75) is 21.2 Å². The second-order valence-corrected chi connectivity index (χ2v) is 9.55. The normalized spacial score (nSPS) is 11.4. The van der Waals surface area contributed by atoms with Gasteiger partial charge in [0, 0.05) is 15.2 Å². The van der Waals surface area contributed by atoms with Crippen molar-refractivity contribution < 1.29 is 13.9 Å². The molecule has 0 fully saturated rings. The van der Waals surface area contributed by atoms with Crippen LogP contribution in [0.3, 0.4) is 0 Å². The Labute approximate surface area is 201 Å². The molecule has 0 aliphatic heterocycles. The van der Waals surface area contributed by atoms with E-state index < -0.39 is 16.9 Å². The number of halogens is 1. The highest BCUT2D eigenvalue weighted by Gasteiger charge is 2.22. The zero-order chi connectivity index (χ0) is 23.8. The van der Waals surface area contributed by atoms with Gasteiger partial charge in [-0.1, -0.05) is 42.1 Å². The average Bonchev–Trinajstić information content (AvgIpc) is 2.85. The van der Waals surface area contributed by atoms with Crippen molar-refractivity contribution in [1.29, 1.82) is 0 Å². The van der Waals surface area contributed by atoms with Gasteiger partial charge in [-0.2, -0.15) is 0 Å². The van der Waals surface area contributed by atoms with E-state index in [1.807, 2.05) is 36.6 Å². The number of pyridine rings is 1. The van der Waals surface area contributed by atoms with Crippen LogP contribution in [0.5, 0.6) is 5.75 Å². The average molecular weight is 492 g/mol. The van der Waals surface area contributed by atoms with E-state index in [0.717, 1.165) is 27.1 Å². The van der Waals surface area contributed by atoms with Crippen molar-refractivity contribution in [3.05, 3.63) is 105 Å². The Morgan fingerprint density at radius 1 is 0.971 bits per heavy atom. The van der Waals surface area contributed by atoms with Crippen molar-refractivity contribution in [3.63, 3.8) is 0 Å². The SMILES string of the molecule is CSc1ccc2c3oc(=O)c(Sc4ccccc4)c(O)c3c(=O)n(Cc3ccc(F)cc3)c2c1. The first-order valence-corrected chi connectivity index (χ1v) is 12.4. The van der Waals surface area contributed by atoms with Crippen LogP contribution in [-0.4, -0.2) is 15.9 Å². The number of fused-ring (bicyclic) bond motifs is 3. The smallest absolute Gasteiger partial charge is 0.354 e. The second-order valence-electron chi connectivity index (χ2n) is 7.59. The Morgan fingerprint density at radius 3 is 2.41 bits per heavy atom. The molecule has 0 unspecified atom stereocenters. The number of nitrogens with zero attached hydrogens (tertiary/aromatic N) is 1. The summed E-state index contributed by atoms with van der Waals surface area (Å²) in [6, 6.07) is 20.4. The summed E-state index contributed by atoms with van der Waals surface area (Å²) in [4.78, 5) is 28.1. The molecule has 0 aliphatic rings. The number of thioether (sulfide) groups is 1. The quantitative estimate of drug-likeness (QED) is 0.245. The lowest BCUT2D eigenvalue weighted by Crippen LogP contribution is -2.23. The van der Waals surface area contributed by atoms with Crippen LogP contribution in [0.15, 0.2) is 101 Å². The molecule has 5 rings (SSSR count). The Morgan fingerprint density at radius 2 is 1.71 bits per heavy atom. The third-order valence-corrected chi connectivity index (χ3v) is 7.27. The van der Waals surface area contributed by atoms with E-state index in [1.54, 1.807) is 30.3 Å². The van der Waals surface area contributed by atoms with E-state index in [-0.39, 0.29) is 28.2 Å². The molecule has 0 saturated carbocycles. The molecule has 0 atom stereocenters. The highest BCUT2D eigenvalue weighted by atomic mass is 32.2. The fraction of sp³-hybridized carbons (Fsp3) is 0.0769. The zero-order valence-corrected chi connectivity index (χ0v) is 19.6. The molecule has 0 radical (unpaired) electrons. The maximum Gasteiger partial charge on any atom is 0.354 e. The minimum atomic E-state index is -0.718. The highest BCUT2D eigenvalue weighted by Crippen LogP contribution is 2.37. The summed E-state index contributed by atoms with van der Waals surface area (Å²) in [5, 5.41) is 11.6. The molecule has 2 aromatic heterocycles. The Hall–Kier alpha value is -3.49. The second kappa shape index (κ2) is 9.04. The van der Waals surface area contributed by atoms with Gasteiger partial charge in [0.05, 0.1) is 12.1 Å². The van der Waals surface area contributed by atoms with Crippen LogP contribution >= 0.6 is 23.5 Å². The van der Waals surface area contributed by atoms with Crippen molar-refractivity contribution in [2.24, 2.45) is 0 Å². The third-order valence-electron chi connectivity index (χ3n) is 5.48. The molecule has 3 aromatic carbocycles. The minimum absolute atomic E-state index is 0.0444. The first-order chi connectivity index (χ1) is 16.5. The van der Waals surface area contributed by atoms with Gasteiger partial charge >= 0.3 is 5.63 Å². The van der Waals surface area contributed by atoms with E-state index in [4.69, 9.17) is 4.42 Å². The number of rotatable bonds is 5. The lowest BCUT2D eigenvalue weighted by Gasteiger charge is -2.15. The molecular formula is C26H18FNO4S2. The van der Waals surface area contributed by atoms with Gasteiger partial charge < -0.3 is 14.1 Å². The molecule has 2 heterocycles. The van der Waals surface area contributed by atoms with E-state index in [9.17, 15) is 19.1 Å². The first kappa shape index (κ1) is 22.3. The molecule has 0 saturated heterocycles. The topological polar surface area (TPSA) is 72.4 Å².